The van der Waals surface area contributed by atoms with E-state index in [9.17, 15) is 4.79 Å². The van der Waals surface area contributed by atoms with E-state index in [-0.39, 0.29) is 5.91 Å². The fraction of sp³-hybridized carbons (Fsp3) is 0.500. The molecule has 2 rings (SSSR count). The number of thioether (sulfide) groups is 1. The van der Waals surface area contributed by atoms with Crippen LogP contribution in [0.3, 0.4) is 0 Å². The summed E-state index contributed by atoms with van der Waals surface area (Å²) in [7, 11) is 0. The average Bonchev–Trinajstić information content (AvgIpc) is 2.33. The van der Waals surface area contributed by atoms with Crippen molar-refractivity contribution in [1.29, 1.82) is 0 Å². The maximum Gasteiger partial charge on any atom is 0.248 e. The molecule has 0 unspecified atom stereocenters. The van der Waals surface area contributed by atoms with E-state index in [1.54, 1.807) is 6.07 Å². The lowest BCUT2D eigenvalue weighted by Crippen LogP contribution is -2.43. The summed E-state index contributed by atoms with van der Waals surface area (Å²) in [6.07, 6.45) is 6.15. The number of hydrogen-bond donors (Lipinski definition) is 2. The van der Waals surface area contributed by atoms with Gasteiger partial charge in [0.2, 0.25) is 5.91 Å². The van der Waals surface area contributed by atoms with Gasteiger partial charge in [-0.05, 0) is 36.8 Å². The van der Waals surface area contributed by atoms with Gasteiger partial charge in [-0.1, -0.05) is 18.6 Å². The Morgan fingerprint density at radius 3 is 2.83 bits per heavy atom. The smallest absolute Gasteiger partial charge is 0.248 e. The van der Waals surface area contributed by atoms with Crippen LogP contribution in [0, 0.1) is 0 Å². The van der Waals surface area contributed by atoms with Crippen LogP contribution in [-0.2, 0) is 6.54 Å². The third kappa shape index (κ3) is 3.06. The number of nitrogens with one attached hydrogen (secondary N) is 1. The van der Waals surface area contributed by atoms with Crippen molar-refractivity contribution in [2.75, 3.05) is 12.8 Å². The Morgan fingerprint density at radius 1 is 1.50 bits per heavy atom. The van der Waals surface area contributed by atoms with E-state index < -0.39 is 0 Å². The summed E-state index contributed by atoms with van der Waals surface area (Å²) in [5.41, 5.74) is 6.96. The van der Waals surface area contributed by atoms with Gasteiger partial charge in [-0.2, -0.15) is 11.8 Å². The first-order valence-electron chi connectivity index (χ1n) is 6.30. The minimum atomic E-state index is -0.364. The predicted octanol–water partition coefficient (Wildman–Crippen LogP) is 2.16. The second-order valence-electron chi connectivity index (χ2n) is 4.91. The molecule has 98 valence electrons. The molecule has 1 aromatic rings. The number of rotatable bonds is 6. The topological polar surface area (TPSA) is 55.1 Å². The Labute approximate surface area is 113 Å². The number of carbonyl (C=O) groups is 1. The molecule has 3 nitrogen and oxygen atoms in total. The molecule has 4 heteroatoms. The third-order valence-electron chi connectivity index (χ3n) is 3.69. The highest BCUT2D eigenvalue weighted by Crippen LogP contribution is 2.42. The van der Waals surface area contributed by atoms with Crippen molar-refractivity contribution in [3.05, 3.63) is 35.4 Å². The molecule has 0 spiro atoms. The molecule has 1 aliphatic carbocycles. The molecule has 0 aliphatic heterocycles. The molecule has 1 aromatic carbocycles. The van der Waals surface area contributed by atoms with E-state index in [4.69, 9.17) is 5.73 Å². The Kier molecular flexibility index (Phi) is 4.30. The van der Waals surface area contributed by atoms with Crippen molar-refractivity contribution >= 4 is 17.7 Å². The minimum Gasteiger partial charge on any atom is -0.366 e. The molecule has 3 N–H and O–H groups in total. The zero-order chi connectivity index (χ0) is 13.0. The third-order valence-corrected chi connectivity index (χ3v) is 5.10. The van der Waals surface area contributed by atoms with Gasteiger partial charge in [0.05, 0.1) is 0 Å². The molecule has 0 saturated heterocycles. The number of amides is 1. The monoisotopic (exact) mass is 264 g/mol. The molecule has 0 bridgehead atoms. The molecule has 1 aliphatic rings. The Bertz CT molecular complexity index is 424. The van der Waals surface area contributed by atoms with E-state index in [1.165, 1.54) is 19.3 Å². The Morgan fingerprint density at radius 2 is 2.28 bits per heavy atom. The van der Waals surface area contributed by atoms with Gasteiger partial charge in [0, 0.05) is 23.4 Å². The van der Waals surface area contributed by atoms with Gasteiger partial charge in [0.15, 0.2) is 0 Å². The largest absolute Gasteiger partial charge is 0.366 e. The maximum atomic E-state index is 11.1. The highest BCUT2D eigenvalue weighted by Gasteiger charge is 2.35. The molecule has 18 heavy (non-hydrogen) atoms. The van der Waals surface area contributed by atoms with E-state index in [0.29, 0.717) is 10.3 Å². The average molecular weight is 264 g/mol. The molecule has 1 amide bonds. The fourth-order valence-electron chi connectivity index (χ4n) is 2.29. The SMILES string of the molecule is CSC1(CNCc2cccc(C(N)=O)c2)CCC1. The van der Waals surface area contributed by atoms with Crippen molar-refractivity contribution in [2.45, 2.75) is 30.6 Å². The second-order valence-corrected chi connectivity index (χ2v) is 6.18. The van der Waals surface area contributed by atoms with E-state index in [0.717, 1.165) is 18.7 Å². The van der Waals surface area contributed by atoms with Crippen molar-refractivity contribution in [2.24, 2.45) is 5.73 Å². The lowest BCUT2D eigenvalue weighted by atomic mass is 9.84. The summed E-state index contributed by atoms with van der Waals surface area (Å²) in [4.78, 5) is 11.1. The number of carbonyl (C=O) groups excluding carboxylic acids is 1. The first-order valence-corrected chi connectivity index (χ1v) is 7.52. The zero-order valence-electron chi connectivity index (χ0n) is 10.7. The van der Waals surface area contributed by atoms with Crippen LogP contribution in [-0.4, -0.2) is 23.5 Å². The molecule has 0 atom stereocenters. The predicted molar refractivity (Wildman–Crippen MR) is 76.8 cm³/mol. The molecule has 0 aromatic heterocycles. The summed E-state index contributed by atoms with van der Waals surface area (Å²) < 4.78 is 0.446. The summed E-state index contributed by atoms with van der Waals surface area (Å²) in [5, 5.41) is 3.49. The highest BCUT2D eigenvalue weighted by atomic mass is 32.2. The number of hydrogen-bond acceptors (Lipinski definition) is 3. The zero-order valence-corrected chi connectivity index (χ0v) is 11.6. The molecular formula is C14H20N2OS. The first-order chi connectivity index (χ1) is 8.65. The van der Waals surface area contributed by atoms with Crippen LogP contribution in [0.25, 0.3) is 0 Å². The van der Waals surface area contributed by atoms with Gasteiger partial charge in [-0.25, -0.2) is 0 Å². The van der Waals surface area contributed by atoms with Gasteiger partial charge in [-0.15, -0.1) is 0 Å². The van der Waals surface area contributed by atoms with Gasteiger partial charge in [0.1, 0.15) is 0 Å². The summed E-state index contributed by atoms with van der Waals surface area (Å²) in [6, 6.07) is 7.51. The van der Waals surface area contributed by atoms with Crippen LogP contribution in [0.5, 0.6) is 0 Å². The summed E-state index contributed by atoms with van der Waals surface area (Å²) >= 11 is 1.97. The minimum absolute atomic E-state index is 0.364. The van der Waals surface area contributed by atoms with Crippen molar-refractivity contribution in [1.82, 2.24) is 5.32 Å². The van der Waals surface area contributed by atoms with Crippen molar-refractivity contribution in [3.8, 4) is 0 Å². The quantitative estimate of drug-likeness (QED) is 0.828. The standard InChI is InChI=1S/C14H20N2OS/c1-18-14(6-3-7-14)10-16-9-11-4-2-5-12(8-11)13(15)17/h2,4-5,8,16H,3,6-7,9-10H2,1H3,(H2,15,17). The van der Waals surface area contributed by atoms with E-state index in [2.05, 4.69) is 11.6 Å². The van der Waals surface area contributed by atoms with Crippen LogP contribution in [0.15, 0.2) is 24.3 Å². The van der Waals surface area contributed by atoms with Gasteiger partial charge in [-0.3, -0.25) is 4.79 Å². The van der Waals surface area contributed by atoms with Crippen LogP contribution in [0.4, 0.5) is 0 Å². The van der Waals surface area contributed by atoms with Crippen molar-refractivity contribution < 1.29 is 4.79 Å². The van der Waals surface area contributed by atoms with Crippen LogP contribution in [0.1, 0.15) is 35.2 Å². The lowest BCUT2D eigenvalue weighted by Gasteiger charge is -2.40. The maximum absolute atomic E-state index is 11.1. The number of benzene rings is 1. The lowest BCUT2D eigenvalue weighted by molar-refractivity contribution is 0.1000. The molecule has 1 fully saturated rings. The van der Waals surface area contributed by atoms with E-state index in [1.807, 2.05) is 30.0 Å². The summed E-state index contributed by atoms with van der Waals surface area (Å²) in [6.45, 7) is 1.83. The molecule has 0 radical (unpaired) electrons. The van der Waals surface area contributed by atoms with E-state index >= 15 is 0 Å². The van der Waals surface area contributed by atoms with Gasteiger partial charge >= 0.3 is 0 Å². The Hall–Kier alpha value is -1.00. The summed E-state index contributed by atoms with van der Waals surface area (Å²) in [5.74, 6) is -0.364. The highest BCUT2D eigenvalue weighted by molar-refractivity contribution is 8.00. The van der Waals surface area contributed by atoms with Crippen molar-refractivity contribution in [3.63, 3.8) is 0 Å². The molecule has 1 saturated carbocycles. The number of primary amides is 1. The normalized spacial score (nSPS) is 17.2. The number of nitrogens with two attached hydrogens (primary N) is 1. The van der Waals surface area contributed by atoms with Gasteiger partial charge in [0.25, 0.3) is 0 Å². The van der Waals surface area contributed by atoms with Crippen LogP contribution >= 0.6 is 11.8 Å². The molecular weight excluding hydrogens is 244 g/mol. The van der Waals surface area contributed by atoms with Crippen LogP contribution in [0.2, 0.25) is 0 Å². The fourth-order valence-corrected chi connectivity index (χ4v) is 3.24. The second kappa shape index (κ2) is 5.76. The van der Waals surface area contributed by atoms with Crippen LogP contribution < -0.4 is 11.1 Å². The Balaban J connectivity index is 1.86. The first kappa shape index (κ1) is 13.4. The molecule has 0 heterocycles. The van der Waals surface area contributed by atoms with Gasteiger partial charge < -0.3 is 11.1 Å².